The van der Waals surface area contributed by atoms with Gasteiger partial charge in [-0.2, -0.15) is 0 Å². The first-order chi connectivity index (χ1) is 15.8. The van der Waals surface area contributed by atoms with Crippen LogP contribution in [0.3, 0.4) is 0 Å². The van der Waals surface area contributed by atoms with Gasteiger partial charge in [0.15, 0.2) is 6.23 Å². The zero-order valence-corrected chi connectivity index (χ0v) is 18.7. The number of aliphatic imine (C=N–C) groups is 1. The summed E-state index contributed by atoms with van der Waals surface area (Å²) >= 11 is 1.86. The lowest BCUT2D eigenvalue weighted by atomic mass is 9.76. The van der Waals surface area contributed by atoms with Gasteiger partial charge in [0.05, 0.1) is 0 Å². The number of fused-ring (bicyclic) bond motifs is 3. The number of ether oxygens (including phenoxy) is 1. The van der Waals surface area contributed by atoms with Crippen LogP contribution in [0, 0.1) is 23.2 Å². The molecule has 0 aromatic heterocycles. The first-order valence-electron chi connectivity index (χ1n) is 13.6. The molecule has 5 aliphatic rings. The van der Waals surface area contributed by atoms with Gasteiger partial charge in [-0.3, -0.25) is 0 Å². The summed E-state index contributed by atoms with van der Waals surface area (Å²) in [6.07, 6.45) is 5.97. The number of allylic oxidation sites excluding steroid dienone is 2. The van der Waals surface area contributed by atoms with Crippen LogP contribution in [0.25, 0.3) is 0 Å². The molecular formula is C25H36N2OS. The van der Waals surface area contributed by atoms with Gasteiger partial charge in [-0.25, -0.2) is 4.99 Å². The minimum absolute atomic E-state index is 0.0823. The average molecular weight is 418 g/mol. The van der Waals surface area contributed by atoms with Crippen molar-refractivity contribution in [2.75, 3.05) is 6.54 Å². The van der Waals surface area contributed by atoms with Crippen LogP contribution in [0.2, 0.25) is 0 Å². The van der Waals surface area contributed by atoms with Crippen LogP contribution < -0.4 is 5.32 Å². The number of nitrogens with one attached hydrogen (secondary N) is 1. The second-order valence-electron chi connectivity index (χ2n) is 10.1. The smallest absolute Gasteiger partial charge is 0.196 e. The summed E-state index contributed by atoms with van der Waals surface area (Å²) in [6, 6.07) is 0.186. The van der Waals surface area contributed by atoms with Crippen molar-refractivity contribution in [2.45, 2.75) is 84.1 Å². The molecular weight excluding hydrogens is 376 g/mol. The topological polar surface area (TPSA) is 33.6 Å². The summed E-state index contributed by atoms with van der Waals surface area (Å²) in [5.74, 6) is 1.32. The van der Waals surface area contributed by atoms with Gasteiger partial charge in [0.2, 0.25) is 0 Å². The molecule has 0 aromatic rings. The van der Waals surface area contributed by atoms with Crippen LogP contribution in [0.4, 0.5) is 0 Å². The van der Waals surface area contributed by atoms with E-state index >= 15 is 0 Å². The number of nitrogens with zero attached hydrogens (tertiary/aromatic N) is 1. The molecule has 3 unspecified atom stereocenters. The summed E-state index contributed by atoms with van der Waals surface area (Å²) in [6.45, 7) is 6.68. The van der Waals surface area contributed by atoms with E-state index in [0.29, 0.717) is 6.54 Å². The van der Waals surface area contributed by atoms with E-state index in [2.05, 4.69) is 17.2 Å². The van der Waals surface area contributed by atoms with Crippen molar-refractivity contribution >= 4 is 17.5 Å². The van der Waals surface area contributed by atoms with Crippen molar-refractivity contribution in [3.63, 3.8) is 0 Å². The highest BCUT2D eigenvalue weighted by Crippen LogP contribution is 2.52. The summed E-state index contributed by atoms with van der Waals surface area (Å²) in [4.78, 5) is 5.83. The first-order valence-corrected chi connectivity index (χ1v) is 11.9. The molecule has 6 atom stereocenters. The molecule has 1 N–H and O–H groups in total. The van der Waals surface area contributed by atoms with Gasteiger partial charge >= 0.3 is 0 Å². The van der Waals surface area contributed by atoms with E-state index < -0.39 is 24.9 Å². The fraction of sp³-hybridized carbons (Fsp3) is 0.720. The third kappa shape index (κ3) is 3.65. The third-order valence-corrected chi connectivity index (χ3v) is 8.22. The Morgan fingerprint density at radius 2 is 2.24 bits per heavy atom. The Labute approximate surface area is 187 Å². The number of thioether (sulfide) groups is 1. The molecule has 3 nitrogen and oxygen atoms in total. The van der Waals surface area contributed by atoms with Crippen molar-refractivity contribution < 1.29 is 11.6 Å². The standard InChI is InChI=1S/C25H36N2OS/c1-14-9-10-17-16-7-6-8-18(23(16)28-24(17)27-14)21-11-22-20(13-26-21)19(15(2)29-22)12-25(3,4)5/h9-10,15-17,19,21,24,26H,6-8,11-13H2,1-5H3/t15-,16?,17?,19+,21+,24?/m0/s1/i1D3,12D2. The third-order valence-electron chi connectivity index (χ3n) is 6.87. The van der Waals surface area contributed by atoms with Crippen molar-refractivity contribution in [2.24, 2.45) is 28.2 Å². The van der Waals surface area contributed by atoms with Crippen molar-refractivity contribution in [3.8, 4) is 0 Å². The maximum absolute atomic E-state index is 8.93. The van der Waals surface area contributed by atoms with E-state index in [4.69, 9.17) is 11.6 Å². The number of rotatable bonds is 2. The molecule has 4 heteroatoms. The predicted molar refractivity (Wildman–Crippen MR) is 123 cm³/mol. The van der Waals surface area contributed by atoms with E-state index in [-0.39, 0.29) is 34.8 Å². The Bertz CT molecular complexity index is 990. The van der Waals surface area contributed by atoms with Crippen LogP contribution in [-0.4, -0.2) is 29.8 Å². The number of hydrogen-bond acceptors (Lipinski definition) is 4. The summed E-state index contributed by atoms with van der Waals surface area (Å²) in [7, 11) is 0. The molecule has 0 spiro atoms. The lowest BCUT2D eigenvalue weighted by molar-refractivity contribution is 0.146. The van der Waals surface area contributed by atoms with Crippen LogP contribution in [0.5, 0.6) is 0 Å². The lowest BCUT2D eigenvalue weighted by Crippen LogP contribution is -2.39. The molecule has 158 valence electrons. The van der Waals surface area contributed by atoms with E-state index in [1.165, 1.54) is 16.1 Å². The van der Waals surface area contributed by atoms with Crippen molar-refractivity contribution in [1.29, 1.82) is 0 Å². The predicted octanol–water partition coefficient (Wildman–Crippen LogP) is 5.85. The highest BCUT2D eigenvalue weighted by molar-refractivity contribution is 8.03. The second-order valence-corrected chi connectivity index (χ2v) is 11.6. The quantitative estimate of drug-likeness (QED) is 0.612. The van der Waals surface area contributed by atoms with Gasteiger partial charge in [-0.1, -0.05) is 33.8 Å². The van der Waals surface area contributed by atoms with Gasteiger partial charge in [0.25, 0.3) is 0 Å². The Hall–Kier alpha value is -1.00. The molecule has 1 aliphatic carbocycles. The Morgan fingerprint density at radius 3 is 3.03 bits per heavy atom. The number of hydrogen-bond donors (Lipinski definition) is 1. The van der Waals surface area contributed by atoms with Crippen molar-refractivity contribution in [3.05, 3.63) is 34.0 Å². The van der Waals surface area contributed by atoms with Gasteiger partial charge in [-0.15, -0.1) is 11.8 Å². The Kier molecular flexibility index (Phi) is 3.75. The minimum atomic E-state index is -2.21. The maximum Gasteiger partial charge on any atom is 0.196 e. The molecule has 5 rings (SSSR count). The molecule has 4 heterocycles. The fourth-order valence-electron chi connectivity index (χ4n) is 5.63. The monoisotopic (exact) mass is 417 g/mol. The van der Waals surface area contributed by atoms with E-state index in [1.54, 1.807) is 6.08 Å². The fourth-order valence-corrected chi connectivity index (χ4v) is 7.06. The molecule has 0 saturated carbocycles. The van der Waals surface area contributed by atoms with Crippen LogP contribution in [0.1, 0.15) is 73.5 Å². The Morgan fingerprint density at radius 1 is 1.38 bits per heavy atom. The van der Waals surface area contributed by atoms with E-state index in [1.807, 2.05) is 38.6 Å². The summed E-state index contributed by atoms with van der Waals surface area (Å²) in [5, 5.41) is 3.96. The molecule has 4 aliphatic heterocycles. The zero-order chi connectivity index (χ0) is 24.6. The van der Waals surface area contributed by atoms with Gasteiger partial charge < -0.3 is 10.1 Å². The largest absolute Gasteiger partial charge is 0.472 e. The van der Waals surface area contributed by atoms with Gasteiger partial charge in [0, 0.05) is 42.2 Å². The molecule has 0 amide bonds. The molecule has 0 bridgehead atoms. The van der Waals surface area contributed by atoms with Crippen molar-refractivity contribution in [1.82, 2.24) is 5.32 Å². The molecule has 29 heavy (non-hydrogen) atoms. The minimum Gasteiger partial charge on any atom is -0.472 e. The van der Waals surface area contributed by atoms with Gasteiger partial charge in [0.1, 0.15) is 5.76 Å². The SMILES string of the molecule is [2H]C([2H])([2H])C1=NC2OC3=C([C@H]4CC5=C(CN4)[C@H](C([2H])([2H])C(C)(C)C)[C@H](C)S5)CCCC3C2C=C1. The van der Waals surface area contributed by atoms with Crippen LogP contribution in [0.15, 0.2) is 39.0 Å². The normalized spacial score (nSPS) is 42.6. The summed E-state index contributed by atoms with van der Waals surface area (Å²) < 4.78 is 47.3. The Balaban J connectivity index is 1.41. The highest BCUT2D eigenvalue weighted by Gasteiger charge is 2.46. The lowest BCUT2D eigenvalue weighted by Gasteiger charge is -2.34. The first kappa shape index (κ1) is 14.9. The van der Waals surface area contributed by atoms with Crippen LogP contribution >= 0.6 is 11.8 Å². The van der Waals surface area contributed by atoms with E-state index in [9.17, 15) is 0 Å². The zero-order valence-electron chi connectivity index (χ0n) is 22.9. The maximum atomic E-state index is 8.93. The van der Waals surface area contributed by atoms with Crippen LogP contribution in [-0.2, 0) is 4.74 Å². The number of dihydropyridines is 1. The molecule has 1 saturated heterocycles. The highest BCUT2D eigenvalue weighted by atomic mass is 32.2. The average Bonchev–Trinajstić information content (AvgIpc) is 3.27. The summed E-state index contributed by atoms with van der Waals surface area (Å²) in [5.41, 5.74) is 2.27. The van der Waals surface area contributed by atoms with Gasteiger partial charge in [-0.05, 0) is 72.4 Å². The second kappa shape index (κ2) is 7.30. The molecule has 0 radical (unpaired) electrons. The molecule has 1 fully saturated rings. The molecule has 0 aromatic carbocycles. The van der Waals surface area contributed by atoms with E-state index in [0.717, 1.165) is 31.4 Å².